The maximum Gasteiger partial charge on any atom is 0.265 e. The Hall–Kier alpha value is -1.96. The summed E-state index contributed by atoms with van der Waals surface area (Å²) in [6.45, 7) is 14.4. The summed E-state index contributed by atoms with van der Waals surface area (Å²) in [7, 11) is 3.63. The second kappa shape index (κ2) is 10.2. The number of hydrogen-bond acceptors (Lipinski definition) is 6. The molecule has 2 aliphatic rings. The zero-order valence-corrected chi connectivity index (χ0v) is 23.2. The summed E-state index contributed by atoms with van der Waals surface area (Å²) in [4.78, 5) is 25.5. The molecule has 1 aromatic carbocycles. The van der Waals surface area contributed by atoms with Crippen molar-refractivity contribution in [2.24, 2.45) is 0 Å². The standard InChI is InChI=1S/C28H42N4O2S/c1-27(2)11-12-28(3,4)22-19-20(9-10-21(22)27)23-24(25(34)30(5)6)35-26(29-23)32-16-14-31(15-17-32)13-7-8-18-33/h9-10,19,33H,7-8,11-18H2,1-6H3. The van der Waals surface area contributed by atoms with Gasteiger partial charge in [0, 0.05) is 52.4 Å². The van der Waals surface area contributed by atoms with Crippen LogP contribution in [-0.2, 0) is 10.8 Å². The van der Waals surface area contributed by atoms with E-state index < -0.39 is 0 Å². The zero-order chi connectivity index (χ0) is 25.4. The molecule has 2 aromatic rings. The Balaban J connectivity index is 1.65. The molecule has 192 valence electrons. The molecule has 1 N–H and O–H groups in total. The lowest BCUT2D eigenvalue weighted by atomic mass is 9.63. The van der Waals surface area contributed by atoms with Crippen LogP contribution in [0.4, 0.5) is 5.13 Å². The first-order valence-electron chi connectivity index (χ1n) is 13.0. The van der Waals surface area contributed by atoms with Gasteiger partial charge in [-0.15, -0.1) is 0 Å². The Morgan fingerprint density at radius 2 is 1.69 bits per heavy atom. The zero-order valence-electron chi connectivity index (χ0n) is 22.4. The first-order chi connectivity index (χ1) is 16.5. The number of hydrogen-bond donors (Lipinski definition) is 1. The number of thiazole rings is 1. The van der Waals surface area contributed by atoms with E-state index in [1.807, 2.05) is 14.1 Å². The van der Waals surface area contributed by atoms with Gasteiger partial charge in [-0.2, -0.15) is 0 Å². The highest BCUT2D eigenvalue weighted by Gasteiger charge is 2.37. The Labute approximate surface area is 215 Å². The predicted octanol–water partition coefficient (Wildman–Crippen LogP) is 4.76. The summed E-state index contributed by atoms with van der Waals surface area (Å²) < 4.78 is 0. The Bertz CT molecular complexity index is 1050. The van der Waals surface area contributed by atoms with Gasteiger partial charge < -0.3 is 14.9 Å². The van der Waals surface area contributed by atoms with Crippen LogP contribution in [-0.4, -0.2) is 79.2 Å². The van der Waals surface area contributed by atoms with Gasteiger partial charge in [0.1, 0.15) is 4.88 Å². The van der Waals surface area contributed by atoms with Crippen LogP contribution in [0.5, 0.6) is 0 Å². The molecule has 0 radical (unpaired) electrons. The molecule has 1 saturated heterocycles. The number of benzene rings is 1. The topological polar surface area (TPSA) is 59.9 Å². The fourth-order valence-electron chi connectivity index (χ4n) is 5.33. The minimum Gasteiger partial charge on any atom is -0.396 e. The number of carbonyl (C=O) groups is 1. The number of aliphatic hydroxyl groups is 1. The molecule has 1 aliphatic heterocycles. The van der Waals surface area contributed by atoms with Crippen LogP contribution >= 0.6 is 11.3 Å². The maximum absolute atomic E-state index is 13.2. The van der Waals surface area contributed by atoms with Gasteiger partial charge in [0.05, 0.1) is 5.69 Å². The molecule has 1 amide bonds. The Kier molecular flexibility index (Phi) is 7.60. The number of amides is 1. The van der Waals surface area contributed by atoms with E-state index >= 15 is 0 Å². The molecule has 7 heteroatoms. The van der Waals surface area contributed by atoms with E-state index in [4.69, 9.17) is 10.1 Å². The number of carbonyl (C=O) groups excluding carboxylic acids is 1. The van der Waals surface area contributed by atoms with Gasteiger partial charge in [-0.05, 0) is 60.3 Å². The number of rotatable bonds is 7. The van der Waals surface area contributed by atoms with E-state index in [9.17, 15) is 4.79 Å². The van der Waals surface area contributed by atoms with Gasteiger partial charge in [0.15, 0.2) is 5.13 Å². The van der Waals surface area contributed by atoms with Crippen LogP contribution in [0.3, 0.4) is 0 Å². The number of aliphatic hydroxyl groups excluding tert-OH is 1. The average molecular weight is 499 g/mol. The highest BCUT2D eigenvalue weighted by molar-refractivity contribution is 7.18. The van der Waals surface area contributed by atoms with Crippen LogP contribution in [0, 0.1) is 0 Å². The molecule has 35 heavy (non-hydrogen) atoms. The van der Waals surface area contributed by atoms with Crippen molar-refractivity contribution in [1.82, 2.24) is 14.8 Å². The fraction of sp³-hybridized carbons (Fsp3) is 0.643. The summed E-state index contributed by atoms with van der Waals surface area (Å²) in [6, 6.07) is 6.76. The van der Waals surface area contributed by atoms with Gasteiger partial charge in [-0.1, -0.05) is 51.2 Å². The van der Waals surface area contributed by atoms with E-state index in [0.29, 0.717) is 0 Å². The molecular weight excluding hydrogens is 456 g/mol. The van der Waals surface area contributed by atoms with Crippen LogP contribution in [0.15, 0.2) is 18.2 Å². The van der Waals surface area contributed by atoms with Crippen molar-refractivity contribution in [2.45, 2.75) is 64.2 Å². The molecule has 0 saturated carbocycles. The number of nitrogens with zero attached hydrogens (tertiary/aromatic N) is 4. The number of unbranched alkanes of at least 4 members (excludes halogenated alkanes) is 1. The second-order valence-electron chi connectivity index (χ2n) is 11.7. The average Bonchev–Trinajstić information content (AvgIpc) is 3.27. The molecular formula is C28H42N4O2S. The SMILES string of the molecule is CN(C)C(=O)c1sc(N2CCN(CCCCO)CC2)nc1-c1ccc2c(c1)C(C)(C)CCC2(C)C. The maximum atomic E-state index is 13.2. The van der Waals surface area contributed by atoms with Crippen molar-refractivity contribution >= 4 is 22.4 Å². The van der Waals surface area contributed by atoms with Crippen LogP contribution in [0.25, 0.3) is 11.3 Å². The number of piperazine rings is 1. The first kappa shape index (κ1) is 26.1. The molecule has 4 rings (SSSR count). The monoisotopic (exact) mass is 498 g/mol. The van der Waals surface area contributed by atoms with E-state index in [1.54, 1.807) is 4.90 Å². The molecule has 6 nitrogen and oxygen atoms in total. The van der Waals surface area contributed by atoms with Gasteiger partial charge in [0.25, 0.3) is 5.91 Å². The van der Waals surface area contributed by atoms with Crippen molar-refractivity contribution in [3.8, 4) is 11.3 Å². The largest absolute Gasteiger partial charge is 0.396 e. The normalized spacial score (nSPS) is 19.5. The van der Waals surface area contributed by atoms with E-state index in [-0.39, 0.29) is 23.3 Å². The van der Waals surface area contributed by atoms with Gasteiger partial charge in [0.2, 0.25) is 0 Å². The van der Waals surface area contributed by atoms with Crippen LogP contribution in [0.1, 0.15) is 74.2 Å². The number of anilines is 1. The number of aromatic nitrogens is 1. The van der Waals surface area contributed by atoms with Gasteiger partial charge in [-0.3, -0.25) is 9.69 Å². The summed E-state index contributed by atoms with van der Waals surface area (Å²) in [5.41, 5.74) is 4.94. The molecule has 0 atom stereocenters. The molecule has 2 heterocycles. The van der Waals surface area contributed by atoms with E-state index in [1.165, 1.54) is 28.9 Å². The van der Waals surface area contributed by atoms with Crippen LogP contribution in [0.2, 0.25) is 0 Å². The van der Waals surface area contributed by atoms with E-state index in [0.717, 1.165) is 73.3 Å². The van der Waals surface area contributed by atoms with E-state index in [2.05, 4.69) is 55.7 Å². The van der Waals surface area contributed by atoms with Crippen molar-refractivity contribution in [1.29, 1.82) is 0 Å². The highest BCUT2D eigenvalue weighted by atomic mass is 32.1. The predicted molar refractivity (Wildman–Crippen MR) is 146 cm³/mol. The second-order valence-corrected chi connectivity index (χ2v) is 12.6. The lowest BCUT2D eigenvalue weighted by molar-refractivity contribution is 0.0832. The quantitative estimate of drug-likeness (QED) is 0.558. The highest BCUT2D eigenvalue weighted by Crippen LogP contribution is 2.47. The third-order valence-corrected chi connectivity index (χ3v) is 8.97. The fourth-order valence-corrected chi connectivity index (χ4v) is 6.49. The molecule has 0 spiro atoms. The molecule has 0 unspecified atom stereocenters. The minimum atomic E-state index is 0.0173. The lowest BCUT2D eigenvalue weighted by Gasteiger charge is -2.42. The summed E-state index contributed by atoms with van der Waals surface area (Å²) in [5, 5.41) is 9.99. The van der Waals surface area contributed by atoms with Gasteiger partial charge in [-0.25, -0.2) is 4.98 Å². The summed E-state index contributed by atoms with van der Waals surface area (Å²) >= 11 is 1.53. The number of fused-ring (bicyclic) bond motifs is 1. The lowest BCUT2D eigenvalue weighted by Crippen LogP contribution is -2.46. The van der Waals surface area contributed by atoms with Crippen molar-refractivity contribution < 1.29 is 9.90 Å². The van der Waals surface area contributed by atoms with Crippen LogP contribution < -0.4 is 4.90 Å². The third-order valence-electron chi connectivity index (χ3n) is 7.87. The third kappa shape index (κ3) is 5.42. The smallest absolute Gasteiger partial charge is 0.265 e. The van der Waals surface area contributed by atoms with Crippen molar-refractivity contribution in [2.75, 3.05) is 58.3 Å². The molecule has 1 aliphatic carbocycles. The van der Waals surface area contributed by atoms with Crippen molar-refractivity contribution in [3.63, 3.8) is 0 Å². The minimum absolute atomic E-state index is 0.0173. The first-order valence-corrected chi connectivity index (χ1v) is 13.8. The van der Waals surface area contributed by atoms with Crippen molar-refractivity contribution in [3.05, 3.63) is 34.2 Å². The molecule has 1 fully saturated rings. The molecule has 0 bridgehead atoms. The Morgan fingerprint density at radius 3 is 2.31 bits per heavy atom. The molecule has 1 aromatic heterocycles. The summed E-state index contributed by atoms with van der Waals surface area (Å²) in [6.07, 6.45) is 4.24. The van der Waals surface area contributed by atoms with Gasteiger partial charge >= 0.3 is 0 Å². The Morgan fingerprint density at radius 1 is 1.03 bits per heavy atom. The summed E-state index contributed by atoms with van der Waals surface area (Å²) in [5.74, 6) is 0.0173.